The molecule has 0 bridgehead atoms. The van der Waals surface area contributed by atoms with Gasteiger partial charge in [-0.3, -0.25) is 0 Å². The van der Waals surface area contributed by atoms with Crippen molar-refractivity contribution in [1.29, 1.82) is 0 Å². The molecule has 0 spiro atoms. The van der Waals surface area contributed by atoms with E-state index in [-0.39, 0.29) is 0 Å². The van der Waals surface area contributed by atoms with Crippen molar-refractivity contribution in [1.82, 2.24) is 0 Å². The molecule has 82 valence electrons. The molecule has 0 saturated carbocycles. The van der Waals surface area contributed by atoms with Crippen molar-refractivity contribution in [3.8, 4) is 0 Å². The molecule has 1 aromatic rings. The summed E-state index contributed by atoms with van der Waals surface area (Å²) < 4.78 is 21.4. The highest BCUT2D eigenvalue weighted by Gasteiger charge is 2.13. The standard InChI is InChI=1S/C8H14O3SSi3/c9-12(10)15(13)14(11)7-6-8-4-2-1-3-5-8/h1-5,11,14H,6-7H2,13H3. The van der Waals surface area contributed by atoms with Gasteiger partial charge < -0.3 is 4.80 Å². The number of hydrogen-bond acceptors (Lipinski definition) is 3. The summed E-state index contributed by atoms with van der Waals surface area (Å²) >= 11 is 0. The lowest BCUT2D eigenvalue weighted by atomic mass is 10.2. The highest BCUT2D eigenvalue weighted by molar-refractivity contribution is 7.93. The molecule has 7 heteroatoms. The zero-order valence-electron chi connectivity index (χ0n) is 8.55. The molecule has 0 saturated heterocycles. The predicted octanol–water partition coefficient (Wildman–Crippen LogP) is -1.24. The van der Waals surface area contributed by atoms with Crippen LogP contribution in [0.3, 0.4) is 0 Å². The van der Waals surface area contributed by atoms with Crippen LogP contribution >= 0.6 is 0 Å². The van der Waals surface area contributed by atoms with Crippen molar-refractivity contribution in [3.05, 3.63) is 35.9 Å². The van der Waals surface area contributed by atoms with Crippen molar-refractivity contribution < 1.29 is 13.2 Å². The van der Waals surface area contributed by atoms with Crippen molar-refractivity contribution >= 4 is 34.6 Å². The first kappa shape index (κ1) is 12.7. The number of hydrogen-bond donors (Lipinski definition) is 1. The summed E-state index contributed by atoms with van der Waals surface area (Å²) in [4.78, 5) is 9.78. The van der Waals surface area contributed by atoms with Gasteiger partial charge in [0.2, 0.25) is 0 Å². The van der Waals surface area contributed by atoms with E-state index < -0.39 is 24.8 Å². The topological polar surface area (TPSA) is 54.4 Å². The Balaban J connectivity index is 2.56. The van der Waals surface area contributed by atoms with Gasteiger partial charge in [0.25, 0.3) is 0 Å². The lowest BCUT2D eigenvalue weighted by molar-refractivity contribution is 0.589. The van der Waals surface area contributed by atoms with Crippen molar-refractivity contribution in [2.75, 3.05) is 0 Å². The lowest BCUT2D eigenvalue weighted by Crippen LogP contribution is -2.30. The maximum absolute atomic E-state index is 10.7. The normalized spacial score (nSPS) is 12.3. The first-order valence-electron chi connectivity index (χ1n) is 4.76. The maximum Gasteiger partial charge on any atom is 0.192 e. The fourth-order valence-electron chi connectivity index (χ4n) is 1.26. The van der Waals surface area contributed by atoms with Crippen LogP contribution in [0.5, 0.6) is 0 Å². The maximum atomic E-state index is 10.7. The van der Waals surface area contributed by atoms with Crippen molar-refractivity contribution in [2.45, 2.75) is 12.5 Å². The zero-order valence-corrected chi connectivity index (χ0v) is 13.5. The highest BCUT2D eigenvalue weighted by Crippen LogP contribution is 2.04. The van der Waals surface area contributed by atoms with E-state index in [0.717, 1.165) is 6.42 Å². The van der Waals surface area contributed by atoms with Gasteiger partial charge in [-0.2, -0.15) is 8.42 Å². The number of rotatable bonds is 4. The molecular formula is C8H14O3SSi3. The van der Waals surface area contributed by atoms with E-state index >= 15 is 0 Å². The van der Waals surface area contributed by atoms with Gasteiger partial charge in [0.15, 0.2) is 24.8 Å². The van der Waals surface area contributed by atoms with E-state index in [4.69, 9.17) is 0 Å². The molecule has 0 amide bonds. The molecule has 0 aliphatic carbocycles. The minimum absolute atomic E-state index is 0.635. The number of aryl methyl sites for hydroxylation is 1. The molecule has 0 aliphatic rings. The molecule has 3 nitrogen and oxygen atoms in total. The Bertz CT molecular complexity index is 435. The average molecular weight is 275 g/mol. The first-order chi connectivity index (χ1) is 7.11. The van der Waals surface area contributed by atoms with E-state index in [1.54, 1.807) is 0 Å². The minimum atomic E-state index is -1.97. The highest BCUT2D eigenvalue weighted by atomic mass is 32.3. The Morgan fingerprint density at radius 1 is 1.33 bits per heavy atom. The molecule has 0 aliphatic heterocycles. The first-order valence-corrected chi connectivity index (χ1v) is 14.7. The fraction of sp³-hybridized carbons (Fsp3) is 0.250. The van der Waals surface area contributed by atoms with Gasteiger partial charge in [-0.25, -0.2) is 0 Å². The molecule has 0 heterocycles. The summed E-state index contributed by atoms with van der Waals surface area (Å²) in [6.07, 6.45) is 0.807. The molecule has 1 rings (SSSR count). The second-order valence-electron chi connectivity index (χ2n) is 3.39. The zero-order chi connectivity index (χ0) is 11.3. The van der Waals surface area contributed by atoms with E-state index in [9.17, 15) is 13.2 Å². The molecular weight excluding hydrogens is 260 g/mol. The van der Waals surface area contributed by atoms with E-state index in [1.807, 2.05) is 30.3 Å². The van der Waals surface area contributed by atoms with Gasteiger partial charge in [-0.15, -0.1) is 0 Å². The third kappa shape index (κ3) is 4.34. The average Bonchev–Trinajstić information content (AvgIpc) is 2.26. The predicted molar refractivity (Wildman–Crippen MR) is 68.9 cm³/mol. The minimum Gasteiger partial charge on any atom is -0.434 e. The Morgan fingerprint density at radius 3 is 2.47 bits per heavy atom. The second-order valence-corrected chi connectivity index (χ2v) is 24.3. The van der Waals surface area contributed by atoms with Gasteiger partial charge >= 0.3 is 0 Å². The van der Waals surface area contributed by atoms with E-state index in [0.29, 0.717) is 15.8 Å². The van der Waals surface area contributed by atoms with Gasteiger partial charge in [-0.05, 0) is 18.0 Å². The van der Waals surface area contributed by atoms with Crippen LogP contribution in [-0.4, -0.2) is 38.1 Å². The van der Waals surface area contributed by atoms with Crippen molar-refractivity contribution in [3.63, 3.8) is 0 Å². The Labute approximate surface area is 96.2 Å². The summed E-state index contributed by atoms with van der Waals surface area (Å²) in [5.74, 6) is 0. The van der Waals surface area contributed by atoms with Crippen LogP contribution in [0, 0.1) is 0 Å². The Hall–Kier alpha value is -0.349. The molecule has 0 aromatic heterocycles. The quantitative estimate of drug-likeness (QED) is 0.699. The number of benzene rings is 1. The molecule has 0 fully saturated rings. The SMILES string of the molecule is O=S(=O)=[Si]([SiH3])[SiH](O)CCc1ccccc1. The molecule has 15 heavy (non-hydrogen) atoms. The molecule has 1 unspecified atom stereocenters. The second kappa shape index (κ2) is 6.28. The Morgan fingerprint density at radius 2 is 1.93 bits per heavy atom. The van der Waals surface area contributed by atoms with Gasteiger partial charge in [0.1, 0.15) is 0 Å². The largest absolute Gasteiger partial charge is 0.434 e. The van der Waals surface area contributed by atoms with Crippen LogP contribution in [0.15, 0.2) is 30.3 Å². The summed E-state index contributed by atoms with van der Waals surface area (Å²) in [6.45, 7) is -1.40. The monoisotopic (exact) mass is 274 g/mol. The van der Waals surface area contributed by atoms with E-state index in [2.05, 4.69) is 0 Å². The summed E-state index contributed by atoms with van der Waals surface area (Å²) in [7, 11) is -3.31. The van der Waals surface area contributed by atoms with Crippen LogP contribution in [0.4, 0.5) is 0 Å². The Kier molecular flexibility index (Phi) is 5.33. The third-order valence-corrected chi connectivity index (χ3v) is 23.0. The molecule has 1 aromatic carbocycles. The fourth-order valence-corrected chi connectivity index (χ4v) is 10.5. The molecule has 1 atom stereocenters. The smallest absolute Gasteiger partial charge is 0.192 e. The van der Waals surface area contributed by atoms with Crippen LogP contribution in [-0.2, 0) is 16.1 Å². The van der Waals surface area contributed by atoms with Gasteiger partial charge in [0, 0.05) is 9.76 Å². The van der Waals surface area contributed by atoms with Crippen LogP contribution in [0.2, 0.25) is 6.04 Å². The van der Waals surface area contributed by atoms with Gasteiger partial charge in [0.05, 0.1) is 0 Å². The molecule has 1 N–H and O–H groups in total. The van der Waals surface area contributed by atoms with Crippen LogP contribution in [0.1, 0.15) is 5.56 Å². The van der Waals surface area contributed by atoms with Crippen LogP contribution < -0.4 is 0 Å². The summed E-state index contributed by atoms with van der Waals surface area (Å²) in [5.41, 5.74) is 1.18. The van der Waals surface area contributed by atoms with Gasteiger partial charge in [-0.1, -0.05) is 30.3 Å². The third-order valence-electron chi connectivity index (χ3n) is 2.28. The molecule has 0 radical (unpaired) electrons. The van der Waals surface area contributed by atoms with Crippen molar-refractivity contribution in [2.24, 2.45) is 0 Å². The van der Waals surface area contributed by atoms with E-state index in [1.165, 1.54) is 5.56 Å². The van der Waals surface area contributed by atoms with Crippen LogP contribution in [0.25, 0.3) is 0 Å². The lowest BCUT2D eigenvalue weighted by Gasteiger charge is -2.04. The summed E-state index contributed by atoms with van der Waals surface area (Å²) in [6, 6.07) is 10.6. The summed E-state index contributed by atoms with van der Waals surface area (Å²) in [5, 5.41) is 0.